The van der Waals surface area contributed by atoms with Gasteiger partial charge in [0.15, 0.2) is 5.82 Å². The molecule has 0 spiro atoms. The zero-order chi connectivity index (χ0) is 37.6. The molecule has 52 heavy (non-hydrogen) atoms. The minimum Gasteiger partial charge on any atom is -0.459 e. The predicted molar refractivity (Wildman–Crippen MR) is 197 cm³/mol. The number of hydrogen-bond acceptors (Lipinski definition) is 13. The molecule has 2 aliphatic rings. The van der Waals surface area contributed by atoms with E-state index in [1.54, 1.807) is 38.2 Å². The highest BCUT2D eigenvalue weighted by Gasteiger charge is 2.46. The van der Waals surface area contributed by atoms with Crippen molar-refractivity contribution >= 4 is 46.5 Å². The molecule has 16 heteroatoms. The molecule has 3 aromatic rings. The number of nitrogens with two attached hydrogens (primary N) is 1. The molecule has 2 aliphatic heterocycles. The van der Waals surface area contributed by atoms with Crippen LogP contribution < -0.4 is 21.3 Å². The van der Waals surface area contributed by atoms with Crippen LogP contribution in [0, 0.1) is 12.3 Å². The standard InChI is InChI=1S/C36H49N9O6S/c1-22-32(52-21-39-22)26-8-6-25(7-9-26)10-11-38-34(49)30-17-28(47)18-45(30)35(50)36(4,5)23(2)40-31(48)19-43-12-14-44(15-13-43)29-16-27(20-51-24(3)46)41-42-33(29)37/h6-9,16,21,23,28,30,47H,10-15,17-20H2,1-5H3,(H2,37,42)(H,38,49)(H,40,48)/t23-,28+,30-/m0/s1. The van der Waals surface area contributed by atoms with Crippen LogP contribution in [0.4, 0.5) is 11.5 Å². The fourth-order valence-corrected chi connectivity index (χ4v) is 7.25. The molecular formula is C36H49N9O6S. The number of anilines is 2. The van der Waals surface area contributed by atoms with Crippen LogP contribution in [0.1, 0.15) is 51.1 Å². The van der Waals surface area contributed by atoms with E-state index in [9.17, 15) is 24.3 Å². The smallest absolute Gasteiger partial charge is 0.303 e. The fraction of sp³-hybridized carbons (Fsp3) is 0.528. The predicted octanol–water partition coefficient (Wildman–Crippen LogP) is 1.53. The molecule has 2 fully saturated rings. The van der Waals surface area contributed by atoms with Gasteiger partial charge >= 0.3 is 5.97 Å². The highest BCUT2D eigenvalue weighted by Crippen LogP contribution is 2.30. The van der Waals surface area contributed by atoms with Crippen molar-refractivity contribution in [2.45, 2.75) is 72.3 Å². The Balaban J connectivity index is 1.09. The molecule has 2 aromatic heterocycles. The van der Waals surface area contributed by atoms with E-state index >= 15 is 0 Å². The number of aromatic nitrogens is 3. The molecule has 0 saturated carbocycles. The number of β-amino-alcohol motifs (C(OH)–C–C–N with tert-alkyl or cyclic N) is 1. The third-order valence-corrected chi connectivity index (χ3v) is 10.9. The molecule has 280 valence electrons. The number of aliphatic hydroxyl groups excluding tert-OH is 1. The van der Waals surface area contributed by atoms with Crippen molar-refractivity contribution in [2.24, 2.45) is 5.41 Å². The van der Waals surface area contributed by atoms with Gasteiger partial charge in [-0.3, -0.25) is 24.1 Å². The lowest BCUT2D eigenvalue weighted by Crippen LogP contribution is -2.57. The number of hydrogen-bond donors (Lipinski definition) is 4. The second-order valence-corrected chi connectivity index (χ2v) is 14.9. The summed E-state index contributed by atoms with van der Waals surface area (Å²) in [5.74, 6) is -0.979. The maximum atomic E-state index is 13.9. The van der Waals surface area contributed by atoms with Gasteiger partial charge in [-0.2, -0.15) is 0 Å². The zero-order valence-electron chi connectivity index (χ0n) is 30.4. The van der Waals surface area contributed by atoms with Crippen molar-refractivity contribution in [1.82, 2.24) is 35.6 Å². The molecular weight excluding hydrogens is 687 g/mol. The first-order valence-electron chi connectivity index (χ1n) is 17.5. The Morgan fingerprint density at radius 2 is 1.83 bits per heavy atom. The number of nitrogens with one attached hydrogen (secondary N) is 2. The fourth-order valence-electron chi connectivity index (χ4n) is 6.44. The van der Waals surface area contributed by atoms with Gasteiger partial charge < -0.3 is 36.0 Å². The largest absolute Gasteiger partial charge is 0.459 e. The van der Waals surface area contributed by atoms with Crippen molar-refractivity contribution in [3.63, 3.8) is 0 Å². The molecule has 3 amide bonds. The van der Waals surface area contributed by atoms with E-state index in [4.69, 9.17) is 10.5 Å². The summed E-state index contributed by atoms with van der Waals surface area (Å²) in [6.45, 7) is 11.5. The molecule has 3 atom stereocenters. The summed E-state index contributed by atoms with van der Waals surface area (Å²) in [6.07, 6.45) is -0.0490. The highest BCUT2D eigenvalue weighted by molar-refractivity contribution is 7.13. The van der Waals surface area contributed by atoms with Gasteiger partial charge in [-0.25, -0.2) is 4.98 Å². The van der Waals surface area contributed by atoms with Crippen LogP contribution in [0.3, 0.4) is 0 Å². The van der Waals surface area contributed by atoms with Crippen LogP contribution in [0.5, 0.6) is 0 Å². The van der Waals surface area contributed by atoms with Crippen molar-refractivity contribution in [3.05, 3.63) is 52.8 Å². The van der Waals surface area contributed by atoms with Gasteiger partial charge in [0.2, 0.25) is 17.7 Å². The summed E-state index contributed by atoms with van der Waals surface area (Å²) < 4.78 is 5.02. The Morgan fingerprint density at radius 3 is 2.48 bits per heavy atom. The van der Waals surface area contributed by atoms with Gasteiger partial charge in [-0.05, 0) is 51.3 Å². The van der Waals surface area contributed by atoms with Crippen LogP contribution in [0.15, 0.2) is 35.8 Å². The van der Waals surface area contributed by atoms with E-state index in [1.807, 2.05) is 29.5 Å². The van der Waals surface area contributed by atoms with Crippen LogP contribution in [0.25, 0.3) is 10.4 Å². The number of amides is 3. The van der Waals surface area contributed by atoms with Gasteiger partial charge in [0.1, 0.15) is 18.3 Å². The van der Waals surface area contributed by atoms with Crippen LogP contribution >= 0.6 is 11.3 Å². The quantitative estimate of drug-likeness (QED) is 0.185. The average molecular weight is 736 g/mol. The number of nitrogen functional groups attached to an aromatic ring is 1. The van der Waals surface area contributed by atoms with Crippen molar-refractivity contribution < 1.29 is 29.0 Å². The Hall–Kier alpha value is -4.67. The second-order valence-electron chi connectivity index (χ2n) is 14.0. The third-order valence-electron chi connectivity index (χ3n) is 9.88. The van der Waals surface area contributed by atoms with Gasteiger partial charge in [0.25, 0.3) is 0 Å². The average Bonchev–Trinajstić information content (AvgIpc) is 3.73. The Morgan fingerprint density at radius 1 is 1.12 bits per heavy atom. The first-order chi connectivity index (χ1) is 24.7. The molecule has 15 nitrogen and oxygen atoms in total. The number of nitrogens with zero attached hydrogens (tertiary/aromatic N) is 6. The van der Waals surface area contributed by atoms with Crippen LogP contribution in [0.2, 0.25) is 0 Å². The van der Waals surface area contributed by atoms with Gasteiger partial charge in [0, 0.05) is 58.7 Å². The van der Waals surface area contributed by atoms with Crippen LogP contribution in [-0.2, 0) is 36.9 Å². The van der Waals surface area contributed by atoms with Gasteiger partial charge in [-0.1, -0.05) is 24.3 Å². The number of carbonyl (C=O) groups excluding carboxylic acids is 4. The molecule has 0 radical (unpaired) electrons. The number of esters is 1. The van der Waals surface area contributed by atoms with E-state index in [0.717, 1.165) is 21.7 Å². The number of likely N-dealkylation sites (tertiary alicyclic amines) is 1. The van der Waals surface area contributed by atoms with E-state index < -0.39 is 29.6 Å². The Kier molecular flexibility index (Phi) is 12.4. The molecule has 4 heterocycles. The lowest BCUT2D eigenvalue weighted by molar-refractivity contribution is -0.147. The molecule has 2 saturated heterocycles. The van der Waals surface area contributed by atoms with Crippen LogP contribution in [-0.4, -0.2) is 118 Å². The van der Waals surface area contributed by atoms with Crippen molar-refractivity contribution in [3.8, 4) is 10.4 Å². The summed E-state index contributed by atoms with van der Waals surface area (Å²) in [5.41, 5.74) is 11.2. The lowest BCUT2D eigenvalue weighted by Gasteiger charge is -2.38. The minimum atomic E-state index is -1.05. The Labute approximate surface area is 307 Å². The monoisotopic (exact) mass is 735 g/mol. The van der Waals surface area contributed by atoms with E-state index in [2.05, 4.69) is 42.8 Å². The number of thiazole rings is 1. The molecule has 5 rings (SSSR count). The zero-order valence-corrected chi connectivity index (χ0v) is 31.2. The van der Waals surface area contributed by atoms with Gasteiger partial charge in [-0.15, -0.1) is 21.5 Å². The number of carbonyl (C=O) groups is 4. The van der Waals surface area contributed by atoms with E-state index in [-0.39, 0.29) is 49.7 Å². The SMILES string of the molecule is CC(=O)OCc1cc(N2CCN(CC(=O)N[C@@H](C)C(C)(C)C(=O)N3C[C@H](O)C[C@H]3C(=O)NCCc3ccc(-c4scnc4C)cc3)CC2)c(N)nn1. The molecule has 0 bridgehead atoms. The topological polar surface area (TPSA) is 196 Å². The number of aliphatic hydroxyl groups is 1. The van der Waals surface area contributed by atoms with Crippen molar-refractivity contribution in [1.29, 1.82) is 0 Å². The summed E-state index contributed by atoms with van der Waals surface area (Å²) in [5, 5.41) is 24.4. The Bertz CT molecular complexity index is 1740. The summed E-state index contributed by atoms with van der Waals surface area (Å²) in [4.78, 5) is 62.5. The highest BCUT2D eigenvalue weighted by atomic mass is 32.1. The molecule has 0 aliphatic carbocycles. The summed E-state index contributed by atoms with van der Waals surface area (Å²) in [6, 6.07) is 8.58. The number of ether oxygens (including phenoxy) is 1. The number of piperazine rings is 1. The number of aryl methyl sites for hydroxylation is 1. The van der Waals surface area contributed by atoms with Gasteiger partial charge in [0.05, 0.1) is 39.8 Å². The summed E-state index contributed by atoms with van der Waals surface area (Å²) in [7, 11) is 0. The maximum absolute atomic E-state index is 13.9. The minimum absolute atomic E-state index is 0.00382. The van der Waals surface area contributed by atoms with Crippen molar-refractivity contribution in [2.75, 3.05) is 56.4 Å². The number of rotatable bonds is 13. The van der Waals surface area contributed by atoms with E-state index in [0.29, 0.717) is 50.5 Å². The van der Waals surface area contributed by atoms with E-state index in [1.165, 1.54) is 11.8 Å². The molecule has 1 aromatic carbocycles. The normalized spacial score (nSPS) is 18.6. The molecule has 0 unspecified atom stereocenters. The molecule has 5 N–H and O–H groups in total. The first kappa shape index (κ1) is 38.6. The lowest BCUT2D eigenvalue weighted by atomic mass is 9.83. The number of benzene rings is 1. The maximum Gasteiger partial charge on any atom is 0.303 e. The summed E-state index contributed by atoms with van der Waals surface area (Å²) >= 11 is 1.60. The third kappa shape index (κ3) is 9.40. The first-order valence-corrected chi connectivity index (χ1v) is 18.4. The second kappa shape index (κ2) is 16.8.